The number of carbonyl (C=O) groups is 1. The van der Waals surface area contributed by atoms with Crippen LogP contribution in [0.2, 0.25) is 18.1 Å². The lowest BCUT2D eigenvalue weighted by Crippen LogP contribution is -2.51. The minimum Gasteiger partial charge on any atom is -0.417 e. The zero-order valence-electron chi connectivity index (χ0n) is 26.0. The van der Waals surface area contributed by atoms with Crippen LogP contribution in [0.1, 0.15) is 79.7 Å². The van der Waals surface area contributed by atoms with Crippen molar-refractivity contribution in [3.05, 3.63) is 48.0 Å². The monoisotopic (exact) mass is 570 g/mol. The van der Waals surface area contributed by atoms with Crippen molar-refractivity contribution in [1.29, 1.82) is 0 Å². The third-order valence-corrected chi connectivity index (χ3v) is 15.4. The molecule has 6 nitrogen and oxygen atoms in total. The van der Waals surface area contributed by atoms with Gasteiger partial charge in [-0.1, -0.05) is 77.1 Å². The van der Waals surface area contributed by atoms with E-state index in [2.05, 4.69) is 72.0 Å². The minimum atomic E-state index is -1.95. The van der Waals surface area contributed by atoms with E-state index in [1.807, 2.05) is 32.0 Å². The molecule has 1 aromatic rings. The number of rotatable bonds is 9. The number of ether oxygens (including phenoxy) is 4. The molecule has 40 heavy (non-hydrogen) atoms. The summed E-state index contributed by atoms with van der Waals surface area (Å²) >= 11 is 0. The van der Waals surface area contributed by atoms with E-state index in [4.69, 9.17) is 23.4 Å². The van der Waals surface area contributed by atoms with Gasteiger partial charge in [0.25, 0.3) is 0 Å². The maximum Gasteiger partial charge on any atom is 0.191 e. The molecule has 1 aromatic carbocycles. The summed E-state index contributed by atoms with van der Waals surface area (Å²) in [5.74, 6) is -0.0237. The number of carbonyl (C=O) groups excluding carboxylic acids is 1. The third kappa shape index (κ3) is 4.99. The molecule has 5 rings (SSSR count). The van der Waals surface area contributed by atoms with E-state index in [0.29, 0.717) is 37.8 Å². The van der Waals surface area contributed by atoms with Crippen LogP contribution in [-0.4, -0.2) is 50.6 Å². The average molecular weight is 571 g/mol. The van der Waals surface area contributed by atoms with Crippen LogP contribution in [-0.2, 0) is 34.8 Å². The molecule has 2 saturated heterocycles. The van der Waals surface area contributed by atoms with Crippen LogP contribution in [0.25, 0.3) is 0 Å². The normalized spacial score (nSPS) is 36.6. The molecule has 222 valence electrons. The van der Waals surface area contributed by atoms with Gasteiger partial charge in [0, 0.05) is 13.0 Å². The topological polar surface area (TPSA) is 63.2 Å². The van der Waals surface area contributed by atoms with E-state index in [1.54, 1.807) is 0 Å². The van der Waals surface area contributed by atoms with Gasteiger partial charge in [0.05, 0.1) is 18.1 Å². The van der Waals surface area contributed by atoms with Gasteiger partial charge in [-0.25, -0.2) is 0 Å². The molecule has 2 aliphatic carbocycles. The highest BCUT2D eigenvalue weighted by Gasteiger charge is 2.66. The molecule has 4 aliphatic rings. The molecule has 0 amide bonds. The number of ketones is 1. The number of benzene rings is 1. The van der Waals surface area contributed by atoms with Gasteiger partial charge in [-0.05, 0) is 68.1 Å². The number of Topliss-reactive ketones (excluding diaryl/α,β-unsaturated/α-hetero) is 1. The third-order valence-electron chi connectivity index (χ3n) is 10.9. The van der Waals surface area contributed by atoms with Gasteiger partial charge in [-0.3, -0.25) is 4.79 Å². The summed E-state index contributed by atoms with van der Waals surface area (Å²) in [7, 11) is -1.95. The first-order valence-corrected chi connectivity index (χ1v) is 18.0. The fourth-order valence-corrected chi connectivity index (χ4v) is 8.16. The summed E-state index contributed by atoms with van der Waals surface area (Å²) < 4.78 is 32.9. The molecule has 4 fully saturated rings. The van der Waals surface area contributed by atoms with Crippen molar-refractivity contribution in [1.82, 2.24) is 0 Å². The Hall–Kier alpha value is -1.35. The van der Waals surface area contributed by atoms with E-state index in [-0.39, 0.29) is 16.6 Å². The van der Waals surface area contributed by atoms with Crippen LogP contribution in [0.5, 0.6) is 0 Å². The average Bonchev–Trinajstić information content (AvgIpc) is 3.46. The SMILES string of the molecule is CC1(C)O[C@@H]2O[C@H](CCO[Si](C)(C)C(C)(C)C)[C@@](/C=C/[C@@]34CC[C@@H](CC3=O)C4(C)C)(OCc3ccccc3)[C@H]2O1. The van der Waals surface area contributed by atoms with E-state index in [9.17, 15) is 4.79 Å². The van der Waals surface area contributed by atoms with Crippen LogP contribution in [0.3, 0.4) is 0 Å². The minimum absolute atomic E-state index is 0.0900. The summed E-state index contributed by atoms with van der Waals surface area (Å²) in [6.45, 7) is 20.6. The van der Waals surface area contributed by atoms with E-state index < -0.39 is 37.5 Å². The smallest absolute Gasteiger partial charge is 0.191 e. The standard InChI is InChI=1S/C33H50O6Si/c1-29(2,3)40(8,9)36-20-16-26-33(35-22-23-13-11-10-12-14-23,27-28(37-26)39-31(6,7)38-27)19-18-32-17-15-24(21-25(32)34)30(32,4)5/h10-14,18-19,24,26-28H,15-17,20-22H2,1-9H3/b19-18+/t24-,26+,27-,28-,32-,33+/m0/s1. The highest BCUT2D eigenvalue weighted by molar-refractivity contribution is 6.74. The maximum absolute atomic E-state index is 13.5. The van der Waals surface area contributed by atoms with Crippen molar-refractivity contribution in [2.24, 2.45) is 16.7 Å². The van der Waals surface area contributed by atoms with Gasteiger partial charge in [0.2, 0.25) is 0 Å². The second kappa shape index (κ2) is 10.1. The van der Waals surface area contributed by atoms with E-state index >= 15 is 0 Å². The van der Waals surface area contributed by atoms with Crippen LogP contribution < -0.4 is 0 Å². The number of fused-ring (bicyclic) bond motifs is 3. The van der Waals surface area contributed by atoms with Crippen molar-refractivity contribution in [2.75, 3.05) is 6.61 Å². The largest absolute Gasteiger partial charge is 0.417 e. The lowest BCUT2D eigenvalue weighted by molar-refractivity contribution is -0.231. The Bertz CT molecular complexity index is 1120. The molecule has 7 heteroatoms. The molecule has 0 radical (unpaired) electrons. The Morgan fingerprint density at radius 2 is 1.75 bits per heavy atom. The molecule has 2 aliphatic heterocycles. The van der Waals surface area contributed by atoms with Gasteiger partial charge in [0.1, 0.15) is 17.5 Å². The molecule has 2 heterocycles. The van der Waals surface area contributed by atoms with E-state index in [0.717, 1.165) is 18.4 Å². The van der Waals surface area contributed by atoms with Crippen LogP contribution in [0.4, 0.5) is 0 Å². The number of allylic oxidation sites excluding steroid dienone is 1. The maximum atomic E-state index is 13.5. The Balaban J connectivity index is 1.51. The van der Waals surface area contributed by atoms with Crippen molar-refractivity contribution in [3.8, 4) is 0 Å². The fourth-order valence-electron chi connectivity index (χ4n) is 7.10. The molecule has 0 unspecified atom stereocenters. The van der Waals surface area contributed by atoms with Crippen molar-refractivity contribution >= 4 is 14.1 Å². The molecule has 0 N–H and O–H groups in total. The first-order chi connectivity index (χ1) is 18.5. The zero-order valence-corrected chi connectivity index (χ0v) is 27.0. The molecular weight excluding hydrogens is 520 g/mol. The highest BCUT2D eigenvalue weighted by atomic mass is 28.4. The Morgan fingerprint density at radius 3 is 2.35 bits per heavy atom. The van der Waals surface area contributed by atoms with Crippen LogP contribution in [0.15, 0.2) is 42.5 Å². The Morgan fingerprint density at radius 1 is 1.05 bits per heavy atom. The fraction of sp³-hybridized carbons (Fsp3) is 0.727. The highest BCUT2D eigenvalue weighted by Crippen LogP contribution is 2.65. The lowest BCUT2D eigenvalue weighted by Gasteiger charge is -2.40. The molecule has 0 aromatic heterocycles. The summed E-state index contributed by atoms with van der Waals surface area (Å²) in [6.07, 6.45) is 6.20. The summed E-state index contributed by atoms with van der Waals surface area (Å²) in [6, 6.07) is 10.2. The second-order valence-electron chi connectivity index (χ2n) is 15.0. The first-order valence-electron chi connectivity index (χ1n) is 15.1. The van der Waals surface area contributed by atoms with Crippen LogP contribution >= 0.6 is 0 Å². The van der Waals surface area contributed by atoms with Gasteiger partial charge in [-0.15, -0.1) is 0 Å². The predicted octanol–water partition coefficient (Wildman–Crippen LogP) is 7.18. The van der Waals surface area contributed by atoms with Crippen LogP contribution in [0, 0.1) is 16.7 Å². The first kappa shape index (κ1) is 30.1. The predicted molar refractivity (Wildman–Crippen MR) is 158 cm³/mol. The summed E-state index contributed by atoms with van der Waals surface area (Å²) in [5.41, 5.74) is -0.440. The summed E-state index contributed by atoms with van der Waals surface area (Å²) in [5, 5.41) is 0.115. The van der Waals surface area contributed by atoms with Gasteiger partial charge in [0.15, 0.2) is 20.4 Å². The van der Waals surface area contributed by atoms with Gasteiger partial charge >= 0.3 is 0 Å². The quantitative estimate of drug-likeness (QED) is 0.231. The molecule has 6 atom stereocenters. The van der Waals surface area contributed by atoms with E-state index in [1.165, 1.54) is 0 Å². The van der Waals surface area contributed by atoms with Gasteiger partial charge in [-0.2, -0.15) is 0 Å². The van der Waals surface area contributed by atoms with Gasteiger partial charge < -0.3 is 23.4 Å². The Labute approximate surface area is 242 Å². The zero-order chi connectivity index (χ0) is 29.2. The molecule has 0 spiro atoms. The number of hydrogen-bond donors (Lipinski definition) is 0. The lowest BCUT2D eigenvalue weighted by atomic mass is 9.68. The molecular formula is C33H50O6Si. The van der Waals surface area contributed by atoms with Crippen molar-refractivity contribution < 1.29 is 28.2 Å². The Kier molecular flexibility index (Phi) is 7.63. The molecule has 2 bridgehead atoms. The van der Waals surface area contributed by atoms with Crippen molar-refractivity contribution in [2.45, 2.75) is 129 Å². The summed E-state index contributed by atoms with van der Waals surface area (Å²) in [4.78, 5) is 13.5. The number of hydrogen-bond acceptors (Lipinski definition) is 6. The molecule has 2 saturated carbocycles. The second-order valence-corrected chi connectivity index (χ2v) is 19.8. The van der Waals surface area contributed by atoms with Crippen molar-refractivity contribution in [3.63, 3.8) is 0 Å².